The number of piperidine rings is 1. The molecule has 4 heteroatoms. The molecule has 0 amide bonds. The number of hydrogen-bond donors (Lipinski definition) is 0. The van der Waals surface area contributed by atoms with E-state index in [0.29, 0.717) is 11.6 Å². The van der Waals surface area contributed by atoms with Gasteiger partial charge >= 0.3 is 0 Å². The lowest BCUT2D eigenvalue weighted by atomic mass is 10.1. The van der Waals surface area contributed by atoms with Crippen molar-refractivity contribution in [2.45, 2.75) is 18.9 Å². The topological polar surface area (TPSA) is 38.1 Å². The van der Waals surface area contributed by atoms with Crippen LogP contribution in [0.1, 0.15) is 29.2 Å². The highest BCUT2D eigenvalue weighted by atomic mass is 16.1. The summed E-state index contributed by atoms with van der Waals surface area (Å²) >= 11 is 0. The summed E-state index contributed by atoms with van der Waals surface area (Å²) in [5, 5.41) is 4.20. The van der Waals surface area contributed by atoms with Gasteiger partial charge in [0.05, 0.1) is 17.8 Å². The van der Waals surface area contributed by atoms with Crippen molar-refractivity contribution in [3.8, 4) is 0 Å². The average molecular weight is 193 g/mol. The molecule has 0 bridgehead atoms. The van der Waals surface area contributed by atoms with Gasteiger partial charge in [0.1, 0.15) is 0 Å². The zero-order valence-electron chi connectivity index (χ0n) is 8.39. The highest BCUT2D eigenvalue weighted by Gasteiger charge is 2.18. The maximum atomic E-state index is 10.5. The molecule has 1 fully saturated rings. The van der Waals surface area contributed by atoms with Crippen molar-refractivity contribution in [1.29, 1.82) is 0 Å². The summed E-state index contributed by atoms with van der Waals surface area (Å²) in [7, 11) is 2.14. The lowest BCUT2D eigenvalue weighted by molar-refractivity contribution is 0.112. The average Bonchev–Trinajstić information content (AvgIpc) is 2.67. The Balaban J connectivity index is 2.04. The van der Waals surface area contributed by atoms with Crippen LogP contribution in [0.25, 0.3) is 0 Å². The summed E-state index contributed by atoms with van der Waals surface area (Å²) in [6.07, 6.45) is 6.56. The molecule has 0 atom stereocenters. The number of nitrogens with zero attached hydrogens (tertiary/aromatic N) is 3. The lowest BCUT2D eigenvalue weighted by Crippen LogP contribution is -2.31. The van der Waals surface area contributed by atoms with E-state index < -0.39 is 0 Å². The summed E-state index contributed by atoms with van der Waals surface area (Å²) in [5.41, 5.74) is 0.670. The summed E-state index contributed by atoms with van der Waals surface area (Å²) in [6, 6.07) is 0.472. The highest BCUT2D eigenvalue weighted by Crippen LogP contribution is 2.20. The summed E-state index contributed by atoms with van der Waals surface area (Å²) in [6.45, 7) is 2.22. The van der Waals surface area contributed by atoms with E-state index in [-0.39, 0.29) is 0 Å². The first-order valence-electron chi connectivity index (χ1n) is 4.97. The largest absolute Gasteiger partial charge is 0.306 e. The van der Waals surface area contributed by atoms with Crippen molar-refractivity contribution < 1.29 is 4.79 Å². The highest BCUT2D eigenvalue weighted by molar-refractivity contribution is 5.73. The van der Waals surface area contributed by atoms with Gasteiger partial charge in [-0.05, 0) is 33.0 Å². The second-order valence-electron chi connectivity index (χ2n) is 3.91. The molecule has 0 spiro atoms. The number of likely N-dealkylation sites (tertiary alicyclic amines) is 1. The number of hydrogen-bond acceptors (Lipinski definition) is 3. The van der Waals surface area contributed by atoms with Gasteiger partial charge in [0.25, 0.3) is 0 Å². The summed E-state index contributed by atoms with van der Waals surface area (Å²) in [4.78, 5) is 12.8. The molecule has 1 aromatic heterocycles. The molecule has 4 nitrogen and oxygen atoms in total. The first-order chi connectivity index (χ1) is 6.79. The van der Waals surface area contributed by atoms with Gasteiger partial charge < -0.3 is 4.90 Å². The first-order valence-corrected chi connectivity index (χ1v) is 4.97. The number of carbonyl (C=O) groups excluding carboxylic acids is 1. The first kappa shape index (κ1) is 9.40. The van der Waals surface area contributed by atoms with Gasteiger partial charge in [0, 0.05) is 6.20 Å². The summed E-state index contributed by atoms with van der Waals surface area (Å²) < 4.78 is 1.93. The SMILES string of the molecule is CN1CCC(n2cc(C=O)cn2)CC1. The fourth-order valence-corrected chi connectivity index (χ4v) is 1.87. The van der Waals surface area contributed by atoms with Crippen molar-refractivity contribution in [1.82, 2.24) is 14.7 Å². The fourth-order valence-electron chi connectivity index (χ4n) is 1.87. The minimum atomic E-state index is 0.472. The molecule has 0 N–H and O–H groups in total. The third-order valence-corrected chi connectivity index (χ3v) is 2.82. The molecule has 1 saturated heterocycles. The monoisotopic (exact) mass is 193 g/mol. The molecular weight excluding hydrogens is 178 g/mol. The Morgan fingerprint density at radius 2 is 2.21 bits per heavy atom. The standard InChI is InChI=1S/C10H15N3O/c1-12-4-2-10(3-5-12)13-7-9(8-14)6-11-13/h6-8,10H,2-5H2,1H3. The third-order valence-electron chi connectivity index (χ3n) is 2.82. The van der Waals surface area contributed by atoms with Crippen molar-refractivity contribution in [3.05, 3.63) is 18.0 Å². The van der Waals surface area contributed by atoms with Crippen LogP contribution in [-0.2, 0) is 0 Å². The van der Waals surface area contributed by atoms with Gasteiger partial charge in [0.2, 0.25) is 0 Å². The molecule has 76 valence electrons. The second kappa shape index (κ2) is 3.92. The van der Waals surface area contributed by atoms with E-state index in [2.05, 4.69) is 17.0 Å². The van der Waals surface area contributed by atoms with E-state index in [4.69, 9.17) is 0 Å². The maximum absolute atomic E-state index is 10.5. The molecule has 2 rings (SSSR count). The van der Waals surface area contributed by atoms with Gasteiger partial charge in [-0.1, -0.05) is 0 Å². The van der Waals surface area contributed by atoms with E-state index in [0.717, 1.165) is 32.2 Å². The minimum absolute atomic E-state index is 0.472. The minimum Gasteiger partial charge on any atom is -0.306 e. The molecule has 0 unspecified atom stereocenters. The van der Waals surface area contributed by atoms with Crippen molar-refractivity contribution in [3.63, 3.8) is 0 Å². The predicted octanol–water partition coefficient (Wildman–Crippen LogP) is 0.962. The molecule has 2 heterocycles. The van der Waals surface area contributed by atoms with E-state index in [1.54, 1.807) is 6.20 Å². The van der Waals surface area contributed by atoms with E-state index in [1.807, 2.05) is 10.9 Å². The molecule has 1 aliphatic heterocycles. The van der Waals surface area contributed by atoms with Crippen LogP contribution in [0.5, 0.6) is 0 Å². The van der Waals surface area contributed by atoms with E-state index in [9.17, 15) is 4.79 Å². The molecule has 0 radical (unpaired) electrons. The van der Waals surface area contributed by atoms with Crippen LogP contribution in [0.3, 0.4) is 0 Å². The van der Waals surface area contributed by atoms with Crippen LogP contribution in [0, 0.1) is 0 Å². The summed E-state index contributed by atoms with van der Waals surface area (Å²) in [5.74, 6) is 0. The normalized spacial score (nSPS) is 19.8. The van der Waals surface area contributed by atoms with Crippen LogP contribution in [-0.4, -0.2) is 41.1 Å². The molecule has 0 aromatic carbocycles. The number of aldehydes is 1. The van der Waals surface area contributed by atoms with E-state index in [1.165, 1.54) is 0 Å². The third kappa shape index (κ3) is 1.85. The van der Waals surface area contributed by atoms with Crippen LogP contribution in [0.15, 0.2) is 12.4 Å². The number of aromatic nitrogens is 2. The Hall–Kier alpha value is -1.16. The van der Waals surface area contributed by atoms with Crippen molar-refractivity contribution in [2.24, 2.45) is 0 Å². The van der Waals surface area contributed by atoms with Crippen LogP contribution in [0.4, 0.5) is 0 Å². The van der Waals surface area contributed by atoms with E-state index >= 15 is 0 Å². The number of rotatable bonds is 2. The zero-order chi connectivity index (χ0) is 9.97. The Kier molecular flexibility index (Phi) is 2.63. The Morgan fingerprint density at radius 3 is 2.79 bits per heavy atom. The van der Waals surface area contributed by atoms with Gasteiger partial charge in [0.15, 0.2) is 6.29 Å². The van der Waals surface area contributed by atoms with Gasteiger partial charge in [-0.15, -0.1) is 0 Å². The van der Waals surface area contributed by atoms with Gasteiger partial charge in [-0.3, -0.25) is 9.48 Å². The van der Waals surface area contributed by atoms with Crippen LogP contribution >= 0.6 is 0 Å². The predicted molar refractivity (Wildman–Crippen MR) is 53.4 cm³/mol. The van der Waals surface area contributed by atoms with Crippen molar-refractivity contribution >= 4 is 6.29 Å². The second-order valence-corrected chi connectivity index (χ2v) is 3.91. The Bertz CT molecular complexity index is 313. The van der Waals surface area contributed by atoms with Gasteiger partial charge in [-0.2, -0.15) is 5.10 Å². The quantitative estimate of drug-likeness (QED) is 0.657. The molecular formula is C10H15N3O. The molecule has 1 aromatic rings. The number of carbonyl (C=O) groups is 1. The maximum Gasteiger partial charge on any atom is 0.153 e. The van der Waals surface area contributed by atoms with Crippen molar-refractivity contribution in [2.75, 3.05) is 20.1 Å². The molecule has 14 heavy (non-hydrogen) atoms. The smallest absolute Gasteiger partial charge is 0.153 e. The van der Waals surface area contributed by atoms with Crippen LogP contribution < -0.4 is 0 Å². The lowest BCUT2D eigenvalue weighted by Gasteiger charge is -2.28. The molecule has 1 aliphatic rings. The molecule has 0 aliphatic carbocycles. The van der Waals surface area contributed by atoms with Gasteiger partial charge in [-0.25, -0.2) is 0 Å². The Morgan fingerprint density at radius 1 is 1.50 bits per heavy atom. The van der Waals surface area contributed by atoms with Crippen LogP contribution in [0.2, 0.25) is 0 Å². The fraction of sp³-hybridized carbons (Fsp3) is 0.600. The Labute approximate surface area is 83.5 Å². The molecule has 0 saturated carbocycles. The zero-order valence-corrected chi connectivity index (χ0v) is 8.39.